The highest BCUT2D eigenvalue weighted by molar-refractivity contribution is 7.46. The van der Waals surface area contributed by atoms with Crippen molar-refractivity contribution in [1.29, 1.82) is 0 Å². The van der Waals surface area contributed by atoms with Crippen molar-refractivity contribution in [2.75, 3.05) is 12.8 Å². The van der Waals surface area contributed by atoms with Crippen molar-refractivity contribution in [2.24, 2.45) is 0 Å². The van der Waals surface area contributed by atoms with E-state index in [0.717, 1.165) is 11.5 Å². The van der Waals surface area contributed by atoms with Gasteiger partial charge in [-0.1, -0.05) is 23.3 Å². The Balaban J connectivity index is 3.99. The second kappa shape index (κ2) is 7.27. The first-order valence-electron chi connectivity index (χ1n) is 4.44. The summed E-state index contributed by atoms with van der Waals surface area (Å²) in [7, 11) is 0.0186. The van der Waals surface area contributed by atoms with Gasteiger partial charge < -0.3 is 0 Å². The predicted molar refractivity (Wildman–Crippen MR) is 65.3 cm³/mol. The van der Waals surface area contributed by atoms with Gasteiger partial charge in [0.05, 0.1) is 0 Å². The Kier molecular flexibility index (Phi) is 7.19. The van der Waals surface area contributed by atoms with Crippen LogP contribution >= 0.6 is 19.0 Å². The van der Waals surface area contributed by atoms with Crippen LogP contribution in [0.5, 0.6) is 0 Å². The molecule has 0 aliphatic rings. The summed E-state index contributed by atoms with van der Waals surface area (Å²) >= 11 is 5.72. The van der Waals surface area contributed by atoms with Crippen molar-refractivity contribution >= 4 is 19.0 Å². The highest BCUT2D eigenvalue weighted by Gasteiger charge is 1.89. The summed E-state index contributed by atoms with van der Waals surface area (Å²) in [4.78, 5) is 0. The number of rotatable bonds is 3. The Morgan fingerprint density at radius 1 is 1.38 bits per heavy atom. The molecule has 0 spiro atoms. The van der Waals surface area contributed by atoms with Gasteiger partial charge in [0, 0.05) is 5.03 Å². The Morgan fingerprint density at radius 2 is 2.00 bits per heavy atom. The van der Waals surface area contributed by atoms with Crippen LogP contribution in [0.3, 0.4) is 0 Å². The summed E-state index contributed by atoms with van der Waals surface area (Å²) in [6, 6.07) is 0. The zero-order valence-corrected chi connectivity index (χ0v) is 10.5. The largest absolute Gasteiger partial charge is 0.134 e. The summed E-state index contributed by atoms with van der Waals surface area (Å²) in [6.45, 7) is 8.32. The summed E-state index contributed by atoms with van der Waals surface area (Å²) in [5.41, 5.74) is 4.67. The number of hydrogen-bond donors (Lipinski definition) is 0. The van der Waals surface area contributed by atoms with Crippen LogP contribution in [-0.4, -0.2) is 12.8 Å². The zero-order chi connectivity index (χ0) is 10.3. The van der Waals surface area contributed by atoms with Gasteiger partial charge in [0.2, 0.25) is 0 Å². The topological polar surface area (TPSA) is 0 Å². The molecule has 2 heteroatoms. The second-order valence-electron chi connectivity index (χ2n) is 3.16. The highest BCUT2D eigenvalue weighted by atomic mass is 35.5. The number of hydrogen-bond acceptors (Lipinski definition) is 0. The molecule has 0 heterocycles. The van der Waals surface area contributed by atoms with E-state index in [0.29, 0.717) is 0 Å². The van der Waals surface area contributed by atoms with Gasteiger partial charge in [-0.15, -0.1) is 13.0 Å². The molecule has 0 amide bonds. The first kappa shape index (κ1) is 12.8. The molecular formula is C11H18ClP. The van der Waals surface area contributed by atoms with Gasteiger partial charge in [-0.25, -0.2) is 0 Å². The minimum Gasteiger partial charge on any atom is -0.134 e. The van der Waals surface area contributed by atoms with Gasteiger partial charge >= 0.3 is 0 Å². The van der Waals surface area contributed by atoms with Gasteiger partial charge in [0.1, 0.15) is 0 Å². The van der Waals surface area contributed by atoms with Crippen molar-refractivity contribution in [2.45, 2.75) is 27.2 Å². The summed E-state index contributed by atoms with van der Waals surface area (Å²) in [6.07, 6.45) is 6.45. The van der Waals surface area contributed by atoms with E-state index in [1.807, 2.05) is 19.9 Å². The van der Waals surface area contributed by atoms with Crippen LogP contribution in [0.1, 0.15) is 27.2 Å². The van der Waals surface area contributed by atoms with Gasteiger partial charge in [0.15, 0.2) is 0 Å². The normalized spacial score (nSPS) is 14.1. The Labute approximate surface area is 87.7 Å². The minimum atomic E-state index is 0.0186. The van der Waals surface area contributed by atoms with Crippen molar-refractivity contribution in [3.05, 3.63) is 22.8 Å². The fourth-order valence-corrected chi connectivity index (χ4v) is 1.77. The van der Waals surface area contributed by atoms with Crippen LogP contribution in [0.2, 0.25) is 0 Å². The molecule has 1 unspecified atom stereocenters. The fourth-order valence-electron chi connectivity index (χ4n) is 0.796. The predicted octanol–water partition coefficient (Wildman–Crippen LogP) is 4.56. The van der Waals surface area contributed by atoms with Crippen LogP contribution < -0.4 is 0 Å². The molecule has 1 atom stereocenters. The average Bonchev–Trinajstić information content (AvgIpc) is 2.10. The number of allylic oxidation sites excluding steroid dienone is 4. The summed E-state index contributed by atoms with van der Waals surface area (Å²) < 4.78 is 0. The van der Waals surface area contributed by atoms with Crippen molar-refractivity contribution in [1.82, 2.24) is 0 Å². The van der Waals surface area contributed by atoms with Gasteiger partial charge in [-0.3, -0.25) is 0 Å². The lowest BCUT2D eigenvalue weighted by Gasteiger charge is -1.98. The molecule has 0 bridgehead atoms. The Bertz CT molecular complexity index is 282. The maximum Gasteiger partial charge on any atom is 0.0149 e. The lowest BCUT2D eigenvalue weighted by atomic mass is 10.2. The van der Waals surface area contributed by atoms with E-state index < -0.39 is 0 Å². The van der Waals surface area contributed by atoms with Crippen molar-refractivity contribution in [3.8, 4) is 5.63 Å². The molecule has 0 nitrogen and oxygen atoms in total. The molecule has 0 aliphatic heterocycles. The lowest BCUT2D eigenvalue weighted by Crippen LogP contribution is -1.79. The Hall–Kier alpha value is -0.150. The molecule has 0 aliphatic carbocycles. The monoisotopic (exact) mass is 216 g/mol. The summed E-state index contributed by atoms with van der Waals surface area (Å²) in [5, 5.41) is 0.840. The van der Waals surface area contributed by atoms with E-state index in [4.69, 9.17) is 11.6 Å². The number of halogens is 1. The molecule has 0 aromatic heterocycles. The van der Waals surface area contributed by atoms with Crippen LogP contribution in [0.25, 0.3) is 0 Å². The smallest absolute Gasteiger partial charge is 0.0149 e. The molecule has 0 radical (unpaired) electrons. The van der Waals surface area contributed by atoms with E-state index in [1.54, 1.807) is 0 Å². The third-order valence-electron chi connectivity index (χ3n) is 1.82. The van der Waals surface area contributed by atoms with E-state index in [-0.39, 0.29) is 7.38 Å². The van der Waals surface area contributed by atoms with E-state index in [1.165, 1.54) is 11.7 Å². The first-order chi connectivity index (χ1) is 6.06. The molecule has 13 heavy (non-hydrogen) atoms. The van der Waals surface area contributed by atoms with Crippen molar-refractivity contribution < 1.29 is 0 Å². The van der Waals surface area contributed by atoms with E-state index in [2.05, 4.69) is 25.3 Å². The molecular weight excluding hydrogens is 199 g/mol. The highest BCUT2D eigenvalue weighted by Crippen LogP contribution is 2.17. The maximum atomic E-state index is 5.72. The molecule has 0 aromatic carbocycles. The third kappa shape index (κ3) is 8.19. The zero-order valence-electron chi connectivity index (χ0n) is 8.89. The second-order valence-corrected chi connectivity index (χ2v) is 6.05. The summed E-state index contributed by atoms with van der Waals surface area (Å²) in [5.74, 6) is 0. The molecule has 0 fully saturated rings. The third-order valence-corrected chi connectivity index (χ3v) is 3.60. The van der Waals surface area contributed by atoms with Gasteiger partial charge in [-0.2, -0.15) is 0 Å². The Morgan fingerprint density at radius 3 is 2.46 bits per heavy atom. The maximum absolute atomic E-state index is 5.72. The van der Waals surface area contributed by atoms with Crippen LogP contribution in [0.15, 0.2) is 22.8 Å². The molecule has 0 aromatic rings. The SMILES string of the molecule is CC#P(C)CC/C(C)=C/C=C(\C)Cl. The first-order valence-corrected chi connectivity index (χ1v) is 6.79. The molecule has 0 saturated carbocycles. The van der Waals surface area contributed by atoms with Crippen LogP contribution in [0.4, 0.5) is 0 Å². The van der Waals surface area contributed by atoms with Gasteiger partial charge in [0.25, 0.3) is 0 Å². The standard InChI is InChI=1S/C11H18ClP/c1-5-13(4)9-8-10(2)6-7-11(3)12/h6-7H,8-9H2,1-4H3/b10-6+,11-7+. The van der Waals surface area contributed by atoms with E-state index in [9.17, 15) is 0 Å². The minimum absolute atomic E-state index is 0.0186. The van der Waals surface area contributed by atoms with Gasteiger partial charge in [-0.05, 0) is 46.1 Å². The van der Waals surface area contributed by atoms with E-state index >= 15 is 0 Å². The quantitative estimate of drug-likeness (QED) is 0.479. The molecule has 0 N–H and O–H groups in total. The molecule has 0 rings (SSSR count). The van der Waals surface area contributed by atoms with Crippen LogP contribution in [-0.2, 0) is 0 Å². The lowest BCUT2D eigenvalue weighted by molar-refractivity contribution is 1.11. The molecule has 74 valence electrons. The molecule has 0 saturated heterocycles. The van der Waals surface area contributed by atoms with Crippen molar-refractivity contribution in [3.63, 3.8) is 0 Å². The average molecular weight is 217 g/mol. The van der Waals surface area contributed by atoms with Crippen LogP contribution in [0, 0.1) is 5.63 Å². The fraction of sp³-hybridized carbons (Fsp3) is 0.545.